The molecule has 0 radical (unpaired) electrons. The summed E-state index contributed by atoms with van der Waals surface area (Å²) in [6.07, 6.45) is -4.80. The number of nitrogens with one attached hydrogen (secondary N) is 1. The zero-order chi connectivity index (χ0) is 15.6. The maximum Gasteiger partial charge on any atom is 0.433 e. The molecule has 0 aliphatic carbocycles. The number of alkyl halides is 3. The average Bonchev–Trinajstić information content (AvgIpc) is 2.85. The molecule has 0 amide bonds. The van der Waals surface area contributed by atoms with Crippen LogP contribution in [0.3, 0.4) is 0 Å². The first-order chi connectivity index (χ1) is 9.77. The Balaban J connectivity index is 2.11. The van der Waals surface area contributed by atoms with E-state index in [4.69, 9.17) is 4.42 Å². The van der Waals surface area contributed by atoms with Gasteiger partial charge in [-0.1, -0.05) is 0 Å². The van der Waals surface area contributed by atoms with Gasteiger partial charge in [0.15, 0.2) is 0 Å². The summed E-state index contributed by atoms with van der Waals surface area (Å²) >= 11 is 0. The van der Waals surface area contributed by atoms with Crippen molar-refractivity contribution < 1.29 is 26.9 Å². The molecule has 9 heteroatoms. The topological polar surface area (TPSA) is 68.3 Å². The minimum Gasteiger partial charge on any atom is -0.404 e. The van der Waals surface area contributed by atoms with Crippen molar-refractivity contribution >= 4 is 11.6 Å². The van der Waals surface area contributed by atoms with E-state index in [1.54, 1.807) is 0 Å². The van der Waals surface area contributed by atoms with Crippen molar-refractivity contribution in [2.75, 3.05) is 5.32 Å². The first-order valence-corrected chi connectivity index (χ1v) is 5.61. The van der Waals surface area contributed by atoms with Crippen LogP contribution in [0.2, 0.25) is 0 Å². The van der Waals surface area contributed by atoms with E-state index in [0.717, 1.165) is 12.1 Å². The minimum absolute atomic E-state index is 0.0165. The Bertz CT molecular complexity index is 667. The normalized spacial score (nSPS) is 11.4. The SMILES string of the molecule is O=[N+]([O-])c1ccc(CNc2ccc(F)c(C(F)(F)F)c2)o1. The largest absolute Gasteiger partial charge is 0.433 e. The maximum absolute atomic E-state index is 13.1. The molecule has 1 N–H and O–H groups in total. The van der Waals surface area contributed by atoms with E-state index in [9.17, 15) is 27.7 Å². The molecular weight excluding hydrogens is 296 g/mol. The lowest BCUT2D eigenvalue weighted by Crippen LogP contribution is -2.09. The van der Waals surface area contributed by atoms with Crippen LogP contribution in [-0.2, 0) is 12.7 Å². The number of benzene rings is 1. The van der Waals surface area contributed by atoms with Crippen molar-refractivity contribution in [2.24, 2.45) is 0 Å². The van der Waals surface area contributed by atoms with Gasteiger partial charge >= 0.3 is 12.1 Å². The van der Waals surface area contributed by atoms with Gasteiger partial charge in [-0.15, -0.1) is 0 Å². The van der Waals surface area contributed by atoms with Gasteiger partial charge in [0, 0.05) is 5.69 Å². The predicted molar refractivity (Wildman–Crippen MR) is 64.1 cm³/mol. The fourth-order valence-corrected chi connectivity index (χ4v) is 1.60. The summed E-state index contributed by atoms with van der Waals surface area (Å²) < 4.78 is 55.5. The van der Waals surface area contributed by atoms with E-state index in [-0.39, 0.29) is 18.0 Å². The number of nitro groups is 1. The van der Waals surface area contributed by atoms with Crippen molar-refractivity contribution in [3.05, 3.63) is 57.6 Å². The molecule has 2 rings (SSSR count). The fourth-order valence-electron chi connectivity index (χ4n) is 1.60. The van der Waals surface area contributed by atoms with Gasteiger partial charge in [-0.05, 0) is 24.3 Å². The second kappa shape index (κ2) is 5.43. The van der Waals surface area contributed by atoms with Gasteiger partial charge < -0.3 is 9.73 Å². The van der Waals surface area contributed by atoms with Gasteiger partial charge in [-0.2, -0.15) is 13.2 Å². The van der Waals surface area contributed by atoms with Crippen LogP contribution in [0.1, 0.15) is 11.3 Å². The number of nitrogens with zero attached hydrogens (tertiary/aromatic N) is 1. The molecular formula is C12H8F4N2O3. The number of anilines is 1. The summed E-state index contributed by atoms with van der Waals surface area (Å²) in [7, 11) is 0. The Hall–Kier alpha value is -2.58. The molecule has 0 saturated carbocycles. The molecule has 0 fully saturated rings. The molecule has 1 aromatic carbocycles. The van der Waals surface area contributed by atoms with Crippen molar-refractivity contribution in [3.8, 4) is 0 Å². The van der Waals surface area contributed by atoms with Crippen molar-refractivity contribution in [1.82, 2.24) is 0 Å². The lowest BCUT2D eigenvalue weighted by atomic mass is 10.2. The van der Waals surface area contributed by atoms with E-state index < -0.39 is 28.4 Å². The third-order valence-electron chi connectivity index (χ3n) is 2.57. The molecule has 0 aliphatic heterocycles. The van der Waals surface area contributed by atoms with Crippen molar-refractivity contribution in [1.29, 1.82) is 0 Å². The molecule has 2 aromatic rings. The molecule has 1 heterocycles. The van der Waals surface area contributed by atoms with Crippen LogP contribution in [0, 0.1) is 15.9 Å². The highest BCUT2D eigenvalue weighted by molar-refractivity contribution is 5.47. The fraction of sp³-hybridized carbons (Fsp3) is 0.167. The highest BCUT2D eigenvalue weighted by atomic mass is 19.4. The zero-order valence-electron chi connectivity index (χ0n) is 10.3. The van der Waals surface area contributed by atoms with Crippen LogP contribution in [-0.4, -0.2) is 4.92 Å². The summed E-state index contributed by atoms with van der Waals surface area (Å²) in [4.78, 5) is 9.67. The van der Waals surface area contributed by atoms with E-state index in [2.05, 4.69) is 5.32 Å². The molecule has 21 heavy (non-hydrogen) atoms. The molecule has 0 unspecified atom stereocenters. The molecule has 1 aromatic heterocycles. The second-order valence-electron chi connectivity index (χ2n) is 4.04. The van der Waals surface area contributed by atoms with Crippen LogP contribution in [0.15, 0.2) is 34.7 Å². The van der Waals surface area contributed by atoms with Gasteiger partial charge in [0.05, 0.1) is 18.2 Å². The summed E-state index contributed by atoms with van der Waals surface area (Å²) in [6, 6.07) is 4.88. The lowest BCUT2D eigenvalue weighted by molar-refractivity contribution is -0.402. The number of rotatable bonds is 4. The quantitative estimate of drug-likeness (QED) is 0.527. The Morgan fingerprint density at radius 2 is 1.95 bits per heavy atom. The monoisotopic (exact) mass is 304 g/mol. The molecule has 0 atom stereocenters. The Morgan fingerprint density at radius 3 is 2.52 bits per heavy atom. The Kier molecular flexibility index (Phi) is 3.83. The van der Waals surface area contributed by atoms with Crippen LogP contribution in [0.4, 0.5) is 29.1 Å². The highest BCUT2D eigenvalue weighted by Gasteiger charge is 2.34. The molecule has 0 spiro atoms. The summed E-state index contributed by atoms with van der Waals surface area (Å²) in [6.45, 7) is -0.0726. The van der Waals surface area contributed by atoms with Crippen LogP contribution >= 0.6 is 0 Å². The average molecular weight is 304 g/mol. The van der Waals surface area contributed by atoms with E-state index in [0.29, 0.717) is 12.1 Å². The van der Waals surface area contributed by atoms with E-state index in [1.165, 1.54) is 6.07 Å². The van der Waals surface area contributed by atoms with E-state index in [1.807, 2.05) is 0 Å². The highest BCUT2D eigenvalue weighted by Crippen LogP contribution is 2.33. The number of furan rings is 1. The summed E-state index contributed by atoms with van der Waals surface area (Å²) in [5, 5.41) is 13.0. The summed E-state index contributed by atoms with van der Waals surface area (Å²) in [5.74, 6) is -1.68. The zero-order valence-corrected chi connectivity index (χ0v) is 10.3. The number of halogens is 4. The smallest absolute Gasteiger partial charge is 0.404 e. The maximum atomic E-state index is 13.1. The van der Waals surface area contributed by atoms with Gasteiger partial charge in [0.1, 0.15) is 16.5 Å². The third-order valence-corrected chi connectivity index (χ3v) is 2.57. The van der Waals surface area contributed by atoms with Crippen molar-refractivity contribution in [3.63, 3.8) is 0 Å². The van der Waals surface area contributed by atoms with Gasteiger partial charge in [0.25, 0.3) is 0 Å². The minimum atomic E-state index is -4.80. The molecule has 5 nitrogen and oxygen atoms in total. The molecule has 0 saturated heterocycles. The van der Waals surface area contributed by atoms with Crippen molar-refractivity contribution in [2.45, 2.75) is 12.7 Å². The second-order valence-corrected chi connectivity index (χ2v) is 4.04. The predicted octanol–water partition coefficient (Wildman–Crippen LogP) is 3.96. The third kappa shape index (κ3) is 3.50. The molecule has 0 bridgehead atoms. The Labute approximate surface area is 115 Å². The van der Waals surface area contributed by atoms with Crippen LogP contribution in [0.25, 0.3) is 0 Å². The lowest BCUT2D eigenvalue weighted by Gasteiger charge is -2.10. The first-order valence-electron chi connectivity index (χ1n) is 5.61. The van der Waals surface area contributed by atoms with E-state index >= 15 is 0 Å². The molecule has 0 aliphatic rings. The Morgan fingerprint density at radius 1 is 1.24 bits per heavy atom. The van der Waals surface area contributed by atoms with Gasteiger partial charge in [-0.3, -0.25) is 10.1 Å². The summed E-state index contributed by atoms with van der Waals surface area (Å²) in [5.41, 5.74) is -1.37. The standard InChI is InChI=1S/C12H8F4N2O3/c13-10-3-1-7(5-9(10)12(14,15)16)17-6-8-2-4-11(21-8)18(19)20/h1-5,17H,6H2. The molecule has 112 valence electrons. The number of hydrogen-bond donors (Lipinski definition) is 1. The first kappa shape index (κ1) is 14.8. The van der Waals surface area contributed by atoms with Crippen LogP contribution in [0.5, 0.6) is 0 Å². The van der Waals surface area contributed by atoms with Gasteiger partial charge in [-0.25, -0.2) is 4.39 Å². The van der Waals surface area contributed by atoms with Gasteiger partial charge in [0.2, 0.25) is 0 Å². The number of hydrogen-bond acceptors (Lipinski definition) is 4. The van der Waals surface area contributed by atoms with Crippen LogP contribution < -0.4 is 5.32 Å².